The molecule has 4 heteroatoms. The second-order valence-electron chi connectivity index (χ2n) is 6.59. The van der Waals surface area contributed by atoms with Crippen LogP contribution in [0.4, 0.5) is 0 Å². The van der Waals surface area contributed by atoms with E-state index in [-0.39, 0.29) is 11.9 Å². The van der Waals surface area contributed by atoms with Gasteiger partial charge in [0.2, 0.25) is 0 Å². The van der Waals surface area contributed by atoms with Crippen molar-refractivity contribution in [3.63, 3.8) is 0 Å². The van der Waals surface area contributed by atoms with Crippen LogP contribution in [-0.2, 0) is 0 Å². The Hall–Kier alpha value is -2.20. The van der Waals surface area contributed by atoms with Crippen molar-refractivity contribution in [1.82, 2.24) is 10.3 Å². The standard InChI is InChI=1S/C20H25N3O/c21-14-15-9-11-16(12-10-15)19(18-8-4-5-13-22-18)23-20(24)17-6-2-1-3-7-17/h1-8,13,15-16,19H,9-12,14,21H2,(H,23,24)/t15?,16?,19-/m0/s1. The van der Waals surface area contributed by atoms with Gasteiger partial charge < -0.3 is 11.1 Å². The highest BCUT2D eigenvalue weighted by molar-refractivity contribution is 5.94. The summed E-state index contributed by atoms with van der Waals surface area (Å²) in [7, 11) is 0. The monoisotopic (exact) mass is 323 g/mol. The zero-order valence-corrected chi connectivity index (χ0v) is 13.9. The molecule has 1 aromatic carbocycles. The van der Waals surface area contributed by atoms with E-state index in [2.05, 4.69) is 10.3 Å². The highest BCUT2D eigenvalue weighted by Crippen LogP contribution is 2.36. The molecular formula is C20H25N3O. The first kappa shape index (κ1) is 16.7. The quantitative estimate of drug-likeness (QED) is 0.887. The van der Waals surface area contributed by atoms with Crippen molar-refractivity contribution >= 4 is 5.91 Å². The summed E-state index contributed by atoms with van der Waals surface area (Å²) in [5.74, 6) is 0.998. The third-order valence-electron chi connectivity index (χ3n) is 5.03. The van der Waals surface area contributed by atoms with E-state index in [1.807, 2.05) is 48.5 Å². The van der Waals surface area contributed by atoms with Crippen molar-refractivity contribution in [2.24, 2.45) is 17.6 Å². The minimum absolute atomic E-state index is 0.0350. The number of carbonyl (C=O) groups excluding carboxylic acids is 1. The van der Waals surface area contributed by atoms with Gasteiger partial charge in [-0.1, -0.05) is 24.3 Å². The van der Waals surface area contributed by atoms with Gasteiger partial charge in [0, 0.05) is 11.8 Å². The molecule has 3 rings (SSSR count). The molecule has 4 nitrogen and oxygen atoms in total. The highest BCUT2D eigenvalue weighted by Gasteiger charge is 2.30. The summed E-state index contributed by atoms with van der Waals surface area (Å²) >= 11 is 0. The van der Waals surface area contributed by atoms with Crippen LogP contribution in [0, 0.1) is 11.8 Å². The van der Waals surface area contributed by atoms with Crippen molar-refractivity contribution in [3.05, 3.63) is 66.0 Å². The van der Waals surface area contributed by atoms with E-state index in [0.717, 1.165) is 37.9 Å². The molecular weight excluding hydrogens is 298 g/mol. The Labute approximate surface area is 143 Å². The molecule has 0 radical (unpaired) electrons. The van der Waals surface area contributed by atoms with Gasteiger partial charge in [-0.05, 0) is 68.3 Å². The van der Waals surface area contributed by atoms with Gasteiger partial charge in [-0.15, -0.1) is 0 Å². The van der Waals surface area contributed by atoms with Gasteiger partial charge in [-0.2, -0.15) is 0 Å². The summed E-state index contributed by atoms with van der Waals surface area (Å²) in [6.45, 7) is 0.761. The number of nitrogens with zero attached hydrogens (tertiary/aromatic N) is 1. The molecule has 1 aromatic heterocycles. The van der Waals surface area contributed by atoms with E-state index < -0.39 is 0 Å². The lowest BCUT2D eigenvalue weighted by Crippen LogP contribution is -2.36. The Morgan fingerprint density at radius 1 is 1.08 bits per heavy atom. The minimum Gasteiger partial charge on any atom is -0.343 e. The molecule has 0 bridgehead atoms. The summed E-state index contributed by atoms with van der Waals surface area (Å²) < 4.78 is 0. The van der Waals surface area contributed by atoms with Crippen LogP contribution in [0.25, 0.3) is 0 Å². The lowest BCUT2D eigenvalue weighted by Gasteiger charge is -2.33. The largest absolute Gasteiger partial charge is 0.343 e. The first-order chi connectivity index (χ1) is 11.8. The molecule has 1 atom stereocenters. The Balaban J connectivity index is 1.77. The van der Waals surface area contributed by atoms with Gasteiger partial charge >= 0.3 is 0 Å². The van der Waals surface area contributed by atoms with Gasteiger partial charge in [0.1, 0.15) is 0 Å². The van der Waals surface area contributed by atoms with E-state index >= 15 is 0 Å². The third kappa shape index (κ3) is 4.01. The number of pyridine rings is 1. The molecule has 1 aliphatic carbocycles. The fourth-order valence-corrected chi connectivity index (χ4v) is 3.56. The SMILES string of the molecule is NCC1CCC([C@H](NC(=O)c2ccccc2)c2ccccn2)CC1. The van der Waals surface area contributed by atoms with Crippen LogP contribution in [-0.4, -0.2) is 17.4 Å². The molecule has 126 valence electrons. The maximum atomic E-state index is 12.6. The Bertz CT molecular complexity index is 636. The smallest absolute Gasteiger partial charge is 0.251 e. The average Bonchev–Trinajstić information content (AvgIpc) is 2.67. The molecule has 0 saturated heterocycles. The average molecular weight is 323 g/mol. The van der Waals surface area contributed by atoms with E-state index in [4.69, 9.17) is 5.73 Å². The van der Waals surface area contributed by atoms with Gasteiger partial charge in [-0.3, -0.25) is 9.78 Å². The number of hydrogen-bond donors (Lipinski definition) is 2. The second-order valence-corrected chi connectivity index (χ2v) is 6.59. The van der Waals surface area contributed by atoms with Crippen molar-refractivity contribution < 1.29 is 4.79 Å². The molecule has 1 fully saturated rings. The molecule has 3 N–H and O–H groups in total. The second kappa shape index (κ2) is 8.06. The van der Waals surface area contributed by atoms with Crippen molar-refractivity contribution in [2.45, 2.75) is 31.7 Å². The van der Waals surface area contributed by atoms with E-state index in [9.17, 15) is 4.79 Å². The van der Waals surface area contributed by atoms with E-state index in [1.54, 1.807) is 6.20 Å². The lowest BCUT2D eigenvalue weighted by atomic mass is 9.77. The number of amides is 1. The first-order valence-corrected chi connectivity index (χ1v) is 8.75. The van der Waals surface area contributed by atoms with E-state index in [1.165, 1.54) is 0 Å². The number of benzene rings is 1. The summed E-state index contributed by atoms with van der Waals surface area (Å²) in [5, 5.41) is 3.22. The number of carbonyl (C=O) groups is 1. The molecule has 0 spiro atoms. The summed E-state index contributed by atoms with van der Waals surface area (Å²) in [5.41, 5.74) is 7.44. The topological polar surface area (TPSA) is 68.0 Å². The number of rotatable bonds is 5. The molecule has 0 aliphatic heterocycles. The van der Waals surface area contributed by atoms with Gasteiger partial charge in [-0.25, -0.2) is 0 Å². The van der Waals surface area contributed by atoms with E-state index in [0.29, 0.717) is 17.4 Å². The predicted octanol–water partition coefficient (Wildman–Crippen LogP) is 3.32. The fraction of sp³-hybridized carbons (Fsp3) is 0.400. The Morgan fingerprint density at radius 2 is 1.79 bits per heavy atom. The molecule has 1 aliphatic rings. The lowest BCUT2D eigenvalue weighted by molar-refractivity contribution is 0.0905. The first-order valence-electron chi connectivity index (χ1n) is 8.75. The maximum Gasteiger partial charge on any atom is 0.251 e. The molecule has 24 heavy (non-hydrogen) atoms. The molecule has 1 saturated carbocycles. The van der Waals surface area contributed by atoms with Crippen LogP contribution in [0.2, 0.25) is 0 Å². The van der Waals surface area contributed by atoms with Crippen molar-refractivity contribution in [2.75, 3.05) is 6.54 Å². The van der Waals surface area contributed by atoms with Crippen LogP contribution >= 0.6 is 0 Å². The summed E-state index contributed by atoms with van der Waals surface area (Å²) in [6.07, 6.45) is 6.22. The predicted molar refractivity (Wildman–Crippen MR) is 95.4 cm³/mol. The zero-order chi connectivity index (χ0) is 16.8. The Morgan fingerprint density at radius 3 is 2.42 bits per heavy atom. The minimum atomic E-state index is -0.0439. The molecule has 0 unspecified atom stereocenters. The van der Waals surface area contributed by atoms with Crippen LogP contribution in [0.1, 0.15) is 47.8 Å². The number of nitrogens with one attached hydrogen (secondary N) is 1. The van der Waals surface area contributed by atoms with Gasteiger partial charge in [0.15, 0.2) is 0 Å². The summed E-state index contributed by atoms with van der Waals surface area (Å²) in [6, 6.07) is 15.2. The Kier molecular flexibility index (Phi) is 5.59. The number of nitrogens with two attached hydrogens (primary N) is 1. The van der Waals surface area contributed by atoms with Crippen LogP contribution in [0.3, 0.4) is 0 Å². The van der Waals surface area contributed by atoms with Crippen molar-refractivity contribution in [3.8, 4) is 0 Å². The molecule has 2 aromatic rings. The number of hydrogen-bond acceptors (Lipinski definition) is 3. The zero-order valence-electron chi connectivity index (χ0n) is 13.9. The molecule has 1 heterocycles. The third-order valence-corrected chi connectivity index (χ3v) is 5.03. The van der Waals surface area contributed by atoms with Crippen LogP contribution < -0.4 is 11.1 Å². The van der Waals surface area contributed by atoms with Gasteiger partial charge in [0.05, 0.1) is 11.7 Å². The van der Waals surface area contributed by atoms with Crippen molar-refractivity contribution in [1.29, 1.82) is 0 Å². The van der Waals surface area contributed by atoms with Gasteiger partial charge in [0.25, 0.3) is 5.91 Å². The normalized spacial score (nSPS) is 21.9. The highest BCUT2D eigenvalue weighted by atomic mass is 16.1. The molecule has 1 amide bonds. The van der Waals surface area contributed by atoms with Crippen LogP contribution in [0.5, 0.6) is 0 Å². The van der Waals surface area contributed by atoms with Crippen LogP contribution in [0.15, 0.2) is 54.7 Å². The summed E-state index contributed by atoms with van der Waals surface area (Å²) in [4.78, 5) is 17.1. The number of aromatic nitrogens is 1. The fourth-order valence-electron chi connectivity index (χ4n) is 3.56. The maximum absolute atomic E-state index is 12.6.